The number of nitrogens with zero attached hydrogens (tertiary/aromatic N) is 3. The van der Waals surface area contributed by atoms with Crippen molar-refractivity contribution in [3.05, 3.63) is 82.6 Å². The third kappa shape index (κ3) is 3.58. The molecule has 0 bridgehead atoms. The highest BCUT2D eigenvalue weighted by molar-refractivity contribution is 9.10. The van der Waals surface area contributed by atoms with Crippen LogP contribution < -0.4 is 0 Å². The number of rotatable bonds is 3. The Kier molecular flexibility index (Phi) is 4.89. The number of hydrogen-bond donors (Lipinski definition) is 0. The van der Waals surface area contributed by atoms with E-state index in [2.05, 4.69) is 39.4 Å². The van der Waals surface area contributed by atoms with Gasteiger partial charge >= 0.3 is 0 Å². The summed E-state index contributed by atoms with van der Waals surface area (Å²) in [6.07, 6.45) is 6.02. The molecule has 4 rings (SSSR count). The van der Waals surface area contributed by atoms with Crippen LogP contribution in [0, 0.1) is 0 Å². The van der Waals surface area contributed by atoms with E-state index in [1.54, 1.807) is 0 Å². The van der Waals surface area contributed by atoms with Gasteiger partial charge in [0.1, 0.15) is 0 Å². The number of para-hydroxylation sites is 1. The van der Waals surface area contributed by atoms with Crippen LogP contribution in [0.3, 0.4) is 0 Å². The first kappa shape index (κ1) is 17.0. The topological polar surface area (TPSA) is 38.1 Å². The fourth-order valence-corrected chi connectivity index (χ4v) is 3.89. The lowest BCUT2D eigenvalue weighted by Crippen LogP contribution is -2.37. The lowest BCUT2D eigenvalue weighted by Gasteiger charge is -2.31. The van der Waals surface area contributed by atoms with Gasteiger partial charge in [-0.2, -0.15) is 5.10 Å². The van der Waals surface area contributed by atoms with E-state index in [1.165, 1.54) is 5.56 Å². The Hall–Kier alpha value is -2.40. The maximum Gasteiger partial charge on any atom is 0.253 e. The van der Waals surface area contributed by atoms with E-state index in [9.17, 15) is 4.79 Å². The first-order valence-corrected chi connectivity index (χ1v) is 9.65. The Bertz CT molecular complexity index is 898. The van der Waals surface area contributed by atoms with Crippen LogP contribution in [0.1, 0.15) is 34.7 Å². The molecule has 0 unspecified atom stereocenters. The minimum Gasteiger partial charge on any atom is -0.339 e. The van der Waals surface area contributed by atoms with Crippen molar-refractivity contribution in [3.8, 4) is 5.69 Å². The molecule has 0 radical (unpaired) electrons. The zero-order valence-electron chi connectivity index (χ0n) is 14.4. The fraction of sp³-hybridized carbons (Fsp3) is 0.238. The third-order valence-corrected chi connectivity index (χ3v) is 5.44. The predicted octanol–water partition coefficient (Wildman–Crippen LogP) is 4.65. The van der Waals surface area contributed by atoms with Crippen LogP contribution in [0.4, 0.5) is 0 Å². The number of halogens is 1. The second-order valence-corrected chi connectivity index (χ2v) is 7.55. The minimum absolute atomic E-state index is 0.115. The van der Waals surface area contributed by atoms with Crippen LogP contribution in [0.15, 0.2) is 71.5 Å². The molecule has 0 atom stereocenters. The van der Waals surface area contributed by atoms with Crippen molar-refractivity contribution in [3.63, 3.8) is 0 Å². The Labute approximate surface area is 161 Å². The van der Waals surface area contributed by atoms with Gasteiger partial charge in [-0.1, -0.05) is 40.2 Å². The Balaban J connectivity index is 1.41. The zero-order valence-corrected chi connectivity index (χ0v) is 16.0. The molecule has 1 aliphatic heterocycles. The van der Waals surface area contributed by atoms with E-state index in [0.717, 1.165) is 41.7 Å². The maximum atomic E-state index is 12.7. The van der Waals surface area contributed by atoms with Gasteiger partial charge in [-0.05, 0) is 54.7 Å². The second-order valence-electron chi connectivity index (χ2n) is 6.63. The summed E-state index contributed by atoms with van der Waals surface area (Å²) in [5.41, 5.74) is 3.07. The minimum atomic E-state index is 0.115. The number of piperidine rings is 1. The molecular weight excluding hydrogens is 390 g/mol. The van der Waals surface area contributed by atoms with Crippen molar-refractivity contribution < 1.29 is 4.79 Å². The fourth-order valence-electron chi connectivity index (χ4n) is 3.49. The maximum absolute atomic E-state index is 12.7. The smallest absolute Gasteiger partial charge is 0.253 e. The summed E-state index contributed by atoms with van der Waals surface area (Å²) < 4.78 is 2.86. The van der Waals surface area contributed by atoms with Gasteiger partial charge in [0.2, 0.25) is 0 Å². The van der Waals surface area contributed by atoms with Crippen LogP contribution >= 0.6 is 15.9 Å². The molecule has 1 fully saturated rings. The lowest BCUT2D eigenvalue weighted by molar-refractivity contribution is 0.0713. The number of hydrogen-bond acceptors (Lipinski definition) is 2. The van der Waals surface area contributed by atoms with Crippen LogP contribution in [-0.4, -0.2) is 33.7 Å². The van der Waals surface area contributed by atoms with Gasteiger partial charge in [-0.3, -0.25) is 4.79 Å². The summed E-state index contributed by atoms with van der Waals surface area (Å²) in [7, 11) is 0. The molecule has 0 spiro atoms. The molecule has 26 heavy (non-hydrogen) atoms. The standard InChI is InChI=1S/C21H20BrN3O/c22-19-6-4-5-17(13-19)21(26)24-11-9-16(10-12-24)18-14-23-25(15-18)20-7-2-1-3-8-20/h1-8,13-16H,9-12H2. The van der Waals surface area contributed by atoms with Gasteiger partial charge in [0.15, 0.2) is 0 Å². The van der Waals surface area contributed by atoms with Crippen molar-refractivity contribution in [2.45, 2.75) is 18.8 Å². The van der Waals surface area contributed by atoms with E-state index in [-0.39, 0.29) is 5.91 Å². The van der Waals surface area contributed by atoms with Crippen molar-refractivity contribution in [2.75, 3.05) is 13.1 Å². The summed E-state index contributed by atoms with van der Waals surface area (Å²) >= 11 is 3.44. The number of aromatic nitrogens is 2. The number of carbonyl (C=O) groups excluding carboxylic acids is 1. The van der Waals surface area contributed by atoms with Crippen LogP contribution in [-0.2, 0) is 0 Å². The van der Waals surface area contributed by atoms with Gasteiger partial charge in [0.05, 0.1) is 11.9 Å². The van der Waals surface area contributed by atoms with Gasteiger partial charge in [0, 0.05) is 29.3 Å². The monoisotopic (exact) mass is 409 g/mol. The van der Waals surface area contributed by atoms with Crippen LogP contribution in [0.2, 0.25) is 0 Å². The summed E-state index contributed by atoms with van der Waals surface area (Å²) in [6.45, 7) is 1.57. The molecule has 5 heteroatoms. The summed E-state index contributed by atoms with van der Waals surface area (Å²) in [5.74, 6) is 0.573. The molecule has 0 saturated carbocycles. The van der Waals surface area contributed by atoms with Crippen molar-refractivity contribution in [2.24, 2.45) is 0 Å². The molecular formula is C21H20BrN3O. The number of carbonyl (C=O) groups is 1. The number of likely N-dealkylation sites (tertiary alicyclic amines) is 1. The quantitative estimate of drug-likeness (QED) is 0.630. The largest absolute Gasteiger partial charge is 0.339 e. The van der Waals surface area contributed by atoms with Crippen molar-refractivity contribution >= 4 is 21.8 Å². The molecule has 132 valence electrons. The summed E-state index contributed by atoms with van der Waals surface area (Å²) in [6, 6.07) is 17.8. The molecule has 3 aromatic rings. The highest BCUT2D eigenvalue weighted by atomic mass is 79.9. The Morgan fingerprint density at radius 3 is 2.54 bits per heavy atom. The average molecular weight is 410 g/mol. The van der Waals surface area contributed by atoms with Gasteiger partial charge < -0.3 is 4.90 Å². The first-order chi connectivity index (χ1) is 12.7. The van der Waals surface area contributed by atoms with Crippen LogP contribution in [0.5, 0.6) is 0 Å². The van der Waals surface area contributed by atoms with Gasteiger partial charge in [-0.25, -0.2) is 4.68 Å². The SMILES string of the molecule is O=C(c1cccc(Br)c1)N1CCC(c2cnn(-c3ccccc3)c2)CC1. The second kappa shape index (κ2) is 7.46. The lowest BCUT2D eigenvalue weighted by atomic mass is 9.91. The van der Waals surface area contributed by atoms with E-state index in [4.69, 9.17) is 0 Å². The molecule has 1 amide bonds. The highest BCUT2D eigenvalue weighted by Crippen LogP contribution is 2.29. The van der Waals surface area contributed by atoms with E-state index < -0.39 is 0 Å². The molecule has 4 nitrogen and oxygen atoms in total. The van der Waals surface area contributed by atoms with E-state index in [0.29, 0.717) is 5.92 Å². The molecule has 0 aliphatic carbocycles. The molecule has 2 heterocycles. The molecule has 1 saturated heterocycles. The average Bonchev–Trinajstić information content (AvgIpc) is 3.18. The molecule has 1 aliphatic rings. The number of amides is 1. The van der Waals surface area contributed by atoms with Gasteiger partial charge in [0.25, 0.3) is 5.91 Å². The third-order valence-electron chi connectivity index (χ3n) is 4.95. The van der Waals surface area contributed by atoms with Crippen molar-refractivity contribution in [1.82, 2.24) is 14.7 Å². The Morgan fingerprint density at radius 1 is 1.04 bits per heavy atom. The first-order valence-electron chi connectivity index (χ1n) is 8.85. The normalized spacial score (nSPS) is 15.2. The zero-order chi connectivity index (χ0) is 17.9. The summed E-state index contributed by atoms with van der Waals surface area (Å²) in [5, 5.41) is 4.50. The van der Waals surface area contributed by atoms with Crippen LogP contribution in [0.25, 0.3) is 5.69 Å². The molecule has 2 aromatic carbocycles. The molecule has 1 aromatic heterocycles. The van der Waals surface area contributed by atoms with E-state index in [1.807, 2.05) is 58.2 Å². The van der Waals surface area contributed by atoms with Crippen molar-refractivity contribution in [1.29, 1.82) is 0 Å². The summed E-state index contributed by atoms with van der Waals surface area (Å²) in [4.78, 5) is 14.6. The van der Waals surface area contributed by atoms with E-state index >= 15 is 0 Å². The molecule has 0 N–H and O–H groups in total. The van der Waals surface area contributed by atoms with Gasteiger partial charge in [-0.15, -0.1) is 0 Å². The highest BCUT2D eigenvalue weighted by Gasteiger charge is 2.25. The number of benzene rings is 2. The predicted molar refractivity (Wildman–Crippen MR) is 106 cm³/mol. The Morgan fingerprint density at radius 2 is 1.81 bits per heavy atom.